The summed E-state index contributed by atoms with van der Waals surface area (Å²) in [6.45, 7) is 0.0733. The van der Waals surface area contributed by atoms with Crippen molar-refractivity contribution < 1.29 is 32.2 Å². The highest BCUT2D eigenvalue weighted by Gasteiger charge is 2.31. The summed E-state index contributed by atoms with van der Waals surface area (Å²) in [6.07, 6.45) is -3.34. The Hall–Kier alpha value is -2.77. The van der Waals surface area contributed by atoms with E-state index in [1.54, 1.807) is 6.07 Å². The van der Waals surface area contributed by atoms with Gasteiger partial charge in [-0.15, -0.1) is 13.2 Å². The maximum atomic E-state index is 12.1. The fraction of sp³-hybridized carbons (Fsp3) is 0.200. The molecule has 0 unspecified atom stereocenters. The van der Waals surface area contributed by atoms with Crippen molar-refractivity contribution >= 4 is 5.97 Å². The van der Waals surface area contributed by atoms with Gasteiger partial charge in [-0.3, -0.25) is 0 Å². The Balaban J connectivity index is 1.98. The molecule has 0 atom stereocenters. The monoisotopic (exact) mass is 327 g/mol. The highest BCUT2D eigenvalue weighted by atomic mass is 19.4. The quantitative estimate of drug-likeness (QED) is 0.788. The normalized spacial score (nSPS) is 11.0. The summed E-state index contributed by atoms with van der Waals surface area (Å²) in [5.74, 6) is -0.715. The average molecular weight is 327 g/mol. The standard InChI is InChI=1S/C15H12F3NO4/c1-21-14(20)13-6-5-10(8-19-13)9-22-11-3-2-4-12(7-11)23-15(16,17)18/h2-8H,9H2,1H3. The molecule has 8 heteroatoms. The van der Waals surface area contributed by atoms with Crippen LogP contribution >= 0.6 is 0 Å². The third kappa shape index (κ3) is 5.17. The lowest BCUT2D eigenvalue weighted by Gasteiger charge is -2.11. The number of alkyl halides is 3. The van der Waals surface area contributed by atoms with Gasteiger partial charge in [0.25, 0.3) is 0 Å². The first-order valence-corrected chi connectivity index (χ1v) is 6.39. The van der Waals surface area contributed by atoms with E-state index < -0.39 is 12.3 Å². The zero-order chi connectivity index (χ0) is 16.9. The molecule has 0 aliphatic heterocycles. The number of methoxy groups -OCH3 is 1. The summed E-state index contributed by atoms with van der Waals surface area (Å²) in [7, 11) is 1.25. The van der Waals surface area contributed by atoms with E-state index in [9.17, 15) is 18.0 Å². The van der Waals surface area contributed by atoms with Gasteiger partial charge in [0.15, 0.2) is 0 Å². The number of halogens is 3. The maximum absolute atomic E-state index is 12.1. The number of aromatic nitrogens is 1. The molecular weight excluding hydrogens is 315 g/mol. The van der Waals surface area contributed by atoms with Crippen LogP contribution in [0.2, 0.25) is 0 Å². The molecule has 0 fully saturated rings. The molecule has 0 radical (unpaired) electrons. The summed E-state index contributed by atoms with van der Waals surface area (Å²) in [6, 6.07) is 8.26. The lowest BCUT2D eigenvalue weighted by molar-refractivity contribution is -0.274. The van der Waals surface area contributed by atoms with E-state index in [0.717, 1.165) is 6.07 Å². The van der Waals surface area contributed by atoms with Crippen LogP contribution in [-0.2, 0) is 11.3 Å². The number of carbonyl (C=O) groups excluding carboxylic acids is 1. The van der Waals surface area contributed by atoms with Crippen LogP contribution in [-0.4, -0.2) is 24.4 Å². The fourth-order valence-corrected chi connectivity index (χ4v) is 1.66. The molecule has 5 nitrogen and oxygen atoms in total. The molecule has 0 aliphatic rings. The second-order valence-corrected chi connectivity index (χ2v) is 4.35. The molecule has 0 aliphatic carbocycles. The topological polar surface area (TPSA) is 57.7 Å². The lowest BCUT2D eigenvalue weighted by Crippen LogP contribution is -2.17. The van der Waals surface area contributed by atoms with Crippen molar-refractivity contribution in [3.63, 3.8) is 0 Å². The third-order valence-corrected chi connectivity index (χ3v) is 2.66. The SMILES string of the molecule is COC(=O)c1ccc(COc2cccc(OC(F)(F)F)c2)cn1. The minimum Gasteiger partial charge on any atom is -0.489 e. The second-order valence-electron chi connectivity index (χ2n) is 4.35. The average Bonchev–Trinajstić information content (AvgIpc) is 2.51. The summed E-state index contributed by atoms with van der Waals surface area (Å²) in [4.78, 5) is 15.1. The lowest BCUT2D eigenvalue weighted by atomic mass is 10.2. The third-order valence-electron chi connectivity index (χ3n) is 2.66. The minimum absolute atomic E-state index is 0.0733. The van der Waals surface area contributed by atoms with Gasteiger partial charge in [0.05, 0.1) is 7.11 Å². The van der Waals surface area contributed by atoms with Gasteiger partial charge in [-0.1, -0.05) is 12.1 Å². The number of ether oxygens (including phenoxy) is 3. The van der Waals surface area contributed by atoms with Crippen LogP contribution in [0.5, 0.6) is 11.5 Å². The van der Waals surface area contributed by atoms with Crippen LogP contribution in [0.3, 0.4) is 0 Å². The van der Waals surface area contributed by atoms with Crippen LogP contribution in [0.25, 0.3) is 0 Å². The number of rotatable bonds is 5. The number of hydrogen-bond acceptors (Lipinski definition) is 5. The van der Waals surface area contributed by atoms with Crippen molar-refractivity contribution in [3.05, 3.63) is 53.9 Å². The van der Waals surface area contributed by atoms with Crippen molar-refractivity contribution in [1.82, 2.24) is 4.98 Å². The van der Waals surface area contributed by atoms with Gasteiger partial charge < -0.3 is 14.2 Å². The Kier molecular flexibility index (Phi) is 5.05. The Labute approximate surface area is 129 Å². The first-order valence-electron chi connectivity index (χ1n) is 6.39. The Morgan fingerprint density at radius 2 is 1.91 bits per heavy atom. The van der Waals surface area contributed by atoms with Gasteiger partial charge in [0.2, 0.25) is 0 Å². The van der Waals surface area contributed by atoms with Gasteiger partial charge in [-0.05, 0) is 18.2 Å². The van der Waals surface area contributed by atoms with Crippen LogP contribution in [0.15, 0.2) is 42.6 Å². The Bertz CT molecular complexity index is 671. The minimum atomic E-state index is -4.76. The molecule has 1 heterocycles. The number of pyridine rings is 1. The van der Waals surface area contributed by atoms with Crippen molar-refractivity contribution in [1.29, 1.82) is 0 Å². The molecule has 0 saturated carbocycles. The molecule has 0 bridgehead atoms. The number of hydrogen-bond donors (Lipinski definition) is 0. The molecular formula is C15H12F3NO4. The zero-order valence-corrected chi connectivity index (χ0v) is 12.0. The van der Waals surface area contributed by atoms with E-state index in [1.165, 1.54) is 37.6 Å². The Morgan fingerprint density at radius 1 is 1.17 bits per heavy atom. The van der Waals surface area contributed by atoms with E-state index >= 15 is 0 Å². The van der Waals surface area contributed by atoms with Crippen molar-refractivity contribution in [2.45, 2.75) is 13.0 Å². The predicted octanol–water partition coefficient (Wildman–Crippen LogP) is 3.35. The molecule has 0 saturated heterocycles. The fourth-order valence-electron chi connectivity index (χ4n) is 1.66. The summed E-state index contributed by atoms with van der Waals surface area (Å²) < 4.78 is 50.1. The van der Waals surface area contributed by atoms with Crippen molar-refractivity contribution in [2.24, 2.45) is 0 Å². The molecule has 2 aromatic rings. The number of benzene rings is 1. The van der Waals surface area contributed by atoms with Gasteiger partial charge >= 0.3 is 12.3 Å². The van der Waals surface area contributed by atoms with Crippen LogP contribution < -0.4 is 9.47 Å². The first kappa shape index (κ1) is 16.6. The number of carbonyl (C=O) groups is 1. The molecule has 23 heavy (non-hydrogen) atoms. The summed E-state index contributed by atoms with van der Waals surface area (Å²) in [5.41, 5.74) is 0.789. The molecule has 1 aromatic carbocycles. The molecule has 0 amide bonds. The van der Waals surface area contributed by atoms with E-state index in [0.29, 0.717) is 5.56 Å². The largest absolute Gasteiger partial charge is 0.573 e. The van der Waals surface area contributed by atoms with Gasteiger partial charge in [0.1, 0.15) is 23.8 Å². The second kappa shape index (κ2) is 6.99. The smallest absolute Gasteiger partial charge is 0.489 e. The molecule has 2 rings (SSSR count). The van der Waals surface area contributed by atoms with Crippen LogP contribution in [0.1, 0.15) is 16.1 Å². The van der Waals surface area contributed by atoms with E-state index in [4.69, 9.17) is 4.74 Å². The number of esters is 1. The van der Waals surface area contributed by atoms with Gasteiger partial charge in [0, 0.05) is 17.8 Å². The number of nitrogens with zero attached hydrogens (tertiary/aromatic N) is 1. The van der Waals surface area contributed by atoms with Gasteiger partial charge in [-0.25, -0.2) is 9.78 Å². The zero-order valence-electron chi connectivity index (χ0n) is 12.0. The van der Waals surface area contributed by atoms with Crippen molar-refractivity contribution in [3.8, 4) is 11.5 Å². The Morgan fingerprint density at radius 3 is 2.52 bits per heavy atom. The van der Waals surface area contributed by atoms with Gasteiger partial charge in [-0.2, -0.15) is 0 Å². The molecule has 122 valence electrons. The summed E-state index contributed by atoms with van der Waals surface area (Å²) in [5, 5.41) is 0. The van der Waals surface area contributed by atoms with E-state index in [1.807, 2.05) is 0 Å². The molecule has 0 N–H and O–H groups in total. The van der Waals surface area contributed by atoms with Crippen molar-refractivity contribution in [2.75, 3.05) is 7.11 Å². The highest BCUT2D eigenvalue weighted by Crippen LogP contribution is 2.26. The van der Waals surface area contributed by atoms with Crippen LogP contribution in [0.4, 0.5) is 13.2 Å². The van der Waals surface area contributed by atoms with E-state index in [-0.39, 0.29) is 23.8 Å². The summed E-state index contributed by atoms with van der Waals surface area (Å²) >= 11 is 0. The molecule has 0 spiro atoms. The van der Waals surface area contributed by atoms with Crippen LogP contribution in [0, 0.1) is 0 Å². The van der Waals surface area contributed by atoms with E-state index in [2.05, 4.69) is 14.5 Å². The maximum Gasteiger partial charge on any atom is 0.573 e. The molecule has 1 aromatic heterocycles. The predicted molar refractivity (Wildman–Crippen MR) is 73.0 cm³/mol. The highest BCUT2D eigenvalue weighted by molar-refractivity contribution is 5.86. The first-order chi connectivity index (χ1) is 10.9.